The molecule has 0 unspecified atom stereocenters. The highest BCUT2D eigenvalue weighted by Crippen LogP contribution is 2.19. The summed E-state index contributed by atoms with van der Waals surface area (Å²) in [4.78, 5) is 5.32. The van der Waals surface area contributed by atoms with Crippen LogP contribution in [0.5, 0.6) is 5.75 Å². The van der Waals surface area contributed by atoms with E-state index in [4.69, 9.17) is 10.5 Å². The van der Waals surface area contributed by atoms with Crippen molar-refractivity contribution in [2.24, 2.45) is 5.73 Å². The van der Waals surface area contributed by atoms with Crippen molar-refractivity contribution in [3.8, 4) is 5.75 Å². The number of aromatic nitrogens is 1. The summed E-state index contributed by atoms with van der Waals surface area (Å²) in [6.07, 6.45) is 1.80. The lowest BCUT2D eigenvalue weighted by atomic mass is 10.2. The SMILES string of the molecule is COc1cccc(CNc2ncc(CN)s2)c1. The van der Waals surface area contributed by atoms with Crippen LogP contribution in [0.3, 0.4) is 0 Å². The summed E-state index contributed by atoms with van der Waals surface area (Å²) < 4.78 is 5.17. The minimum absolute atomic E-state index is 0.540. The molecule has 1 aromatic heterocycles. The first-order valence-corrected chi connectivity index (χ1v) is 6.15. The molecule has 1 heterocycles. The Kier molecular flexibility index (Phi) is 3.95. The number of nitrogens with two attached hydrogens (primary N) is 1. The zero-order chi connectivity index (χ0) is 12.1. The van der Waals surface area contributed by atoms with Crippen LogP contribution in [0.15, 0.2) is 30.5 Å². The van der Waals surface area contributed by atoms with Gasteiger partial charge >= 0.3 is 0 Å². The van der Waals surface area contributed by atoms with Crippen molar-refractivity contribution in [1.29, 1.82) is 0 Å². The van der Waals surface area contributed by atoms with Gasteiger partial charge in [0, 0.05) is 24.2 Å². The predicted octanol–water partition coefficient (Wildman–Crippen LogP) is 2.22. The monoisotopic (exact) mass is 249 g/mol. The highest BCUT2D eigenvalue weighted by molar-refractivity contribution is 7.15. The first kappa shape index (κ1) is 11.9. The number of methoxy groups -OCH3 is 1. The molecule has 0 radical (unpaired) electrons. The van der Waals surface area contributed by atoms with Crippen molar-refractivity contribution < 1.29 is 4.74 Å². The molecular formula is C12H15N3OS. The molecule has 0 fully saturated rings. The number of hydrogen-bond acceptors (Lipinski definition) is 5. The molecule has 0 aliphatic carbocycles. The minimum atomic E-state index is 0.540. The molecule has 4 nitrogen and oxygen atoms in total. The van der Waals surface area contributed by atoms with Crippen LogP contribution < -0.4 is 15.8 Å². The number of nitrogens with one attached hydrogen (secondary N) is 1. The van der Waals surface area contributed by atoms with E-state index < -0.39 is 0 Å². The van der Waals surface area contributed by atoms with Crippen LogP contribution in [0.2, 0.25) is 0 Å². The zero-order valence-electron chi connectivity index (χ0n) is 9.64. The second kappa shape index (κ2) is 5.65. The van der Waals surface area contributed by atoms with Gasteiger partial charge in [-0.15, -0.1) is 11.3 Å². The maximum Gasteiger partial charge on any atom is 0.183 e. The van der Waals surface area contributed by atoms with Gasteiger partial charge in [0.1, 0.15) is 5.75 Å². The highest BCUT2D eigenvalue weighted by atomic mass is 32.1. The molecule has 0 spiro atoms. The van der Waals surface area contributed by atoms with E-state index in [2.05, 4.69) is 10.3 Å². The van der Waals surface area contributed by atoms with Crippen LogP contribution in [0.4, 0.5) is 5.13 Å². The van der Waals surface area contributed by atoms with Crippen molar-refractivity contribution in [3.63, 3.8) is 0 Å². The summed E-state index contributed by atoms with van der Waals surface area (Å²) in [6, 6.07) is 7.96. The Balaban J connectivity index is 1.96. The lowest BCUT2D eigenvalue weighted by Crippen LogP contribution is -1.98. The topological polar surface area (TPSA) is 60.2 Å². The molecule has 2 aromatic rings. The zero-order valence-corrected chi connectivity index (χ0v) is 10.5. The Hall–Kier alpha value is -1.59. The Morgan fingerprint density at radius 3 is 3.06 bits per heavy atom. The largest absolute Gasteiger partial charge is 0.497 e. The summed E-state index contributed by atoms with van der Waals surface area (Å²) in [5, 5.41) is 4.16. The Labute approximate surface area is 104 Å². The first-order valence-electron chi connectivity index (χ1n) is 5.33. The molecule has 0 amide bonds. The second-order valence-corrected chi connectivity index (χ2v) is 4.66. The number of anilines is 1. The van der Waals surface area contributed by atoms with Crippen LogP contribution in [0.1, 0.15) is 10.4 Å². The van der Waals surface area contributed by atoms with E-state index in [-0.39, 0.29) is 0 Å². The summed E-state index contributed by atoms with van der Waals surface area (Å²) in [7, 11) is 1.67. The van der Waals surface area contributed by atoms with Crippen molar-refractivity contribution in [1.82, 2.24) is 4.98 Å². The number of rotatable bonds is 5. The number of hydrogen-bond donors (Lipinski definition) is 2. The molecule has 0 aliphatic heterocycles. The average molecular weight is 249 g/mol. The maximum atomic E-state index is 5.53. The third kappa shape index (κ3) is 3.18. The van der Waals surface area contributed by atoms with Gasteiger partial charge in [0.15, 0.2) is 5.13 Å². The van der Waals surface area contributed by atoms with Gasteiger partial charge in [0.25, 0.3) is 0 Å². The fourth-order valence-corrected chi connectivity index (χ4v) is 2.13. The Bertz CT molecular complexity index is 484. The predicted molar refractivity (Wildman–Crippen MR) is 70.3 cm³/mol. The first-order chi connectivity index (χ1) is 8.31. The summed E-state index contributed by atoms with van der Waals surface area (Å²) in [5.74, 6) is 0.867. The van der Waals surface area contributed by atoms with E-state index in [1.165, 1.54) is 0 Å². The van der Waals surface area contributed by atoms with E-state index in [0.29, 0.717) is 6.54 Å². The van der Waals surface area contributed by atoms with Crippen LogP contribution in [0.25, 0.3) is 0 Å². The number of benzene rings is 1. The smallest absolute Gasteiger partial charge is 0.183 e. The van der Waals surface area contributed by atoms with Gasteiger partial charge in [0.2, 0.25) is 0 Å². The molecule has 5 heteroatoms. The third-order valence-electron chi connectivity index (χ3n) is 2.33. The normalized spacial score (nSPS) is 10.2. The van der Waals surface area contributed by atoms with Gasteiger partial charge < -0.3 is 15.8 Å². The summed E-state index contributed by atoms with van der Waals surface area (Å²) >= 11 is 1.58. The molecule has 0 atom stereocenters. The van der Waals surface area contributed by atoms with Gasteiger partial charge in [-0.05, 0) is 17.7 Å². The summed E-state index contributed by atoms with van der Waals surface area (Å²) in [5.41, 5.74) is 6.70. The van der Waals surface area contributed by atoms with E-state index in [1.54, 1.807) is 24.6 Å². The van der Waals surface area contributed by atoms with Crippen LogP contribution in [-0.2, 0) is 13.1 Å². The van der Waals surface area contributed by atoms with Gasteiger partial charge in [0.05, 0.1) is 7.11 Å². The Morgan fingerprint density at radius 1 is 1.47 bits per heavy atom. The van der Waals surface area contributed by atoms with Crippen LogP contribution in [0, 0.1) is 0 Å². The quantitative estimate of drug-likeness (QED) is 0.853. The van der Waals surface area contributed by atoms with Crippen molar-refractivity contribution in [3.05, 3.63) is 40.9 Å². The standard InChI is InChI=1S/C12H15N3OS/c1-16-10-4-2-3-9(5-10)7-14-12-15-8-11(6-13)17-12/h2-5,8H,6-7,13H2,1H3,(H,14,15). The van der Waals surface area contributed by atoms with E-state index in [0.717, 1.165) is 27.9 Å². The maximum absolute atomic E-state index is 5.53. The van der Waals surface area contributed by atoms with Crippen LogP contribution in [-0.4, -0.2) is 12.1 Å². The third-order valence-corrected chi connectivity index (χ3v) is 3.31. The van der Waals surface area contributed by atoms with Gasteiger partial charge in [-0.25, -0.2) is 4.98 Å². The Morgan fingerprint density at radius 2 is 2.35 bits per heavy atom. The lowest BCUT2D eigenvalue weighted by Gasteiger charge is -2.05. The van der Waals surface area contributed by atoms with Crippen molar-refractivity contribution in [2.75, 3.05) is 12.4 Å². The van der Waals surface area contributed by atoms with E-state index in [9.17, 15) is 0 Å². The number of nitrogens with zero attached hydrogens (tertiary/aromatic N) is 1. The van der Waals surface area contributed by atoms with Gasteiger partial charge in [-0.2, -0.15) is 0 Å². The molecule has 1 aromatic carbocycles. The summed E-state index contributed by atoms with van der Waals surface area (Å²) in [6.45, 7) is 1.27. The molecule has 3 N–H and O–H groups in total. The van der Waals surface area contributed by atoms with Gasteiger partial charge in [-0.1, -0.05) is 12.1 Å². The number of thiazole rings is 1. The number of ether oxygens (including phenoxy) is 1. The highest BCUT2D eigenvalue weighted by Gasteiger charge is 2.00. The van der Waals surface area contributed by atoms with E-state index in [1.807, 2.05) is 24.3 Å². The fraction of sp³-hybridized carbons (Fsp3) is 0.250. The second-order valence-electron chi connectivity index (χ2n) is 3.54. The minimum Gasteiger partial charge on any atom is -0.497 e. The molecule has 17 heavy (non-hydrogen) atoms. The molecule has 0 saturated heterocycles. The average Bonchev–Trinajstić information content (AvgIpc) is 2.84. The molecular weight excluding hydrogens is 234 g/mol. The lowest BCUT2D eigenvalue weighted by molar-refractivity contribution is 0.414. The molecule has 2 rings (SSSR count). The molecule has 0 aliphatic rings. The van der Waals surface area contributed by atoms with E-state index >= 15 is 0 Å². The molecule has 0 bridgehead atoms. The van der Waals surface area contributed by atoms with Crippen LogP contribution >= 0.6 is 11.3 Å². The van der Waals surface area contributed by atoms with Crippen molar-refractivity contribution >= 4 is 16.5 Å². The molecule has 0 saturated carbocycles. The molecule has 90 valence electrons. The van der Waals surface area contributed by atoms with Gasteiger partial charge in [-0.3, -0.25) is 0 Å². The van der Waals surface area contributed by atoms with Crippen molar-refractivity contribution in [2.45, 2.75) is 13.1 Å². The fourth-order valence-electron chi connectivity index (χ4n) is 1.44.